The number of nitrogens with one attached hydrogen (secondary N) is 1. The highest BCUT2D eigenvalue weighted by molar-refractivity contribution is 5.97. The van der Waals surface area contributed by atoms with Crippen LogP contribution in [0.4, 0.5) is 0 Å². The number of hydrogen-bond donors (Lipinski definition) is 2. The molecular formula is C17H25N3O. The molecule has 0 saturated heterocycles. The number of amidine groups is 1. The van der Waals surface area contributed by atoms with Crippen LogP contribution in [0.3, 0.4) is 0 Å². The van der Waals surface area contributed by atoms with E-state index in [9.17, 15) is 0 Å². The monoisotopic (exact) mass is 287 g/mol. The molecule has 0 amide bonds. The second-order valence-electron chi connectivity index (χ2n) is 7.20. The topological polar surface area (TPSA) is 72.0 Å². The molecule has 3 N–H and O–H groups in total. The summed E-state index contributed by atoms with van der Waals surface area (Å²) in [5.74, 6) is 0.635. The van der Waals surface area contributed by atoms with Crippen molar-refractivity contribution in [1.82, 2.24) is 4.98 Å². The highest BCUT2D eigenvalue weighted by Crippen LogP contribution is 2.37. The SMILES string of the molecule is CC1(C)CCC(Oc2nc3c(cc2C(=N)N)CCC3)CC1. The molecule has 0 unspecified atom stereocenters. The summed E-state index contributed by atoms with van der Waals surface area (Å²) >= 11 is 0. The van der Waals surface area contributed by atoms with Crippen LogP contribution in [0.2, 0.25) is 0 Å². The molecule has 0 radical (unpaired) electrons. The molecule has 0 atom stereocenters. The Balaban J connectivity index is 1.80. The molecule has 1 heterocycles. The van der Waals surface area contributed by atoms with Gasteiger partial charge in [0.25, 0.3) is 0 Å². The predicted octanol–water partition coefficient (Wildman–Crippen LogP) is 3.20. The summed E-state index contributed by atoms with van der Waals surface area (Å²) in [7, 11) is 0. The van der Waals surface area contributed by atoms with Crippen LogP contribution in [0.1, 0.15) is 62.8 Å². The van der Waals surface area contributed by atoms with Gasteiger partial charge in [0.1, 0.15) is 11.9 Å². The lowest BCUT2D eigenvalue weighted by Crippen LogP contribution is -2.29. The lowest BCUT2D eigenvalue weighted by atomic mass is 9.76. The summed E-state index contributed by atoms with van der Waals surface area (Å²) in [6, 6.07) is 2.01. The van der Waals surface area contributed by atoms with E-state index in [2.05, 4.69) is 18.8 Å². The molecule has 4 heteroatoms. The minimum Gasteiger partial charge on any atom is -0.474 e. The smallest absolute Gasteiger partial charge is 0.225 e. The Hall–Kier alpha value is -1.58. The minimum absolute atomic E-state index is 0.0586. The zero-order valence-electron chi connectivity index (χ0n) is 13.0. The molecule has 2 aliphatic rings. The summed E-state index contributed by atoms with van der Waals surface area (Å²) in [6.45, 7) is 4.63. The predicted molar refractivity (Wildman–Crippen MR) is 83.9 cm³/mol. The third-order valence-corrected chi connectivity index (χ3v) is 4.87. The van der Waals surface area contributed by atoms with Crippen LogP contribution in [0.5, 0.6) is 5.88 Å². The fourth-order valence-corrected chi connectivity index (χ4v) is 3.38. The van der Waals surface area contributed by atoms with Crippen molar-refractivity contribution in [2.24, 2.45) is 11.1 Å². The molecule has 0 spiro atoms. The highest BCUT2D eigenvalue weighted by Gasteiger charge is 2.29. The van der Waals surface area contributed by atoms with Gasteiger partial charge in [-0.25, -0.2) is 4.98 Å². The van der Waals surface area contributed by atoms with E-state index in [1.54, 1.807) is 0 Å². The lowest BCUT2D eigenvalue weighted by molar-refractivity contribution is 0.0945. The maximum Gasteiger partial charge on any atom is 0.225 e. The first-order chi connectivity index (χ1) is 9.94. The fourth-order valence-electron chi connectivity index (χ4n) is 3.38. The summed E-state index contributed by atoms with van der Waals surface area (Å²) in [6.07, 6.45) is 7.88. The van der Waals surface area contributed by atoms with E-state index >= 15 is 0 Å². The Labute approximate surface area is 126 Å². The van der Waals surface area contributed by atoms with E-state index in [1.165, 1.54) is 18.4 Å². The number of rotatable bonds is 3. The van der Waals surface area contributed by atoms with Crippen molar-refractivity contribution in [2.45, 2.75) is 64.9 Å². The number of hydrogen-bond acceptors (Lipinski definition) is 3. The third-order valence-electron chi connectivity index (χ3n) is 4.87. The van der Waals surface area contributed by atoms with Crippen LogP contribution in [0.15, 0.2) is 6.07 Å². The summed E-state index contributed by atoms with van der Waals surface area (Å²) in [4.78, 5) is 4.66. The average Bonchev–Trinajstić information content (AvgIpc) is 2.87. The standard InChI is InChI=1S/C17H25N3O/c1-17(2)8-6-12(7-9-17)21-16-13(15(18)19)10-11-4-3-5-14(11)20-16/h10,12H,3-9H2,1-2H3,(H3,18,19). The van der Waals surface area contributed by atoms with Gasteiger partial charge in [-0.15, -0.1) is 0 Å². The van der Waals surface area contributed by atoms with Gasteiger partial charge in [-0.1, -0.05) is 13.8 Å². The largest absolute Gasteiger partial charge is 0.474 e. The second-order valence-corrected chi connectivity index (χ2v) is 7.20. The van der Waals surface area contributed by atoms with Crippen molar-refractivity contribution >= 4 is 5.84 Å². The summed E-state index contributed by atoms with van der Waals surface area (Å²) in [5, 5.41) is 7.78. The first-order valence-electron chi connectivity index (χ1n) is 7.98. The molecular weight excluding hydrogens is 262 g/mol. The van der Waals surface area contributed by atoms with Crippen LogP contribution in [-0.4, -0.2) is 16.9 Å². The van der Waals surface area contributed by atoms with Crippen molar-refractivity contribution in [3.63, 3.8) is 0 Å². The van der Waals surface area contributed by atoms with Gasteiger partial charge in [0.15, 0.2) is 0 Å². The van der Waals surface area contributed by atoms with E-state index in [1.807, 2.05) is 6.07 Å². The first kappa shape index (κ1) is 14.4. The van der Waals surface area contributed by atoms with Gasteiger partial charge >= 0.3 is 0 Å². The van der Waals surface area contributed by atoms with Crippen molar-refractivity contribution in [3.8, 4) is 5.88 Å². The van der Waals surface area contributed by atoms with Gasteiger partial charge in [-0.3, -0.25) is 5.41 Å². The van der Waals surface area contributed by atoms with Gasteiger partial charge in [0.2, 0.25) is 5.88 Å². The van der Waals surface area contributed by atoms with Gasteiger partial charge in [-0.05, 0) is 62.0 Å². The number of ether oxygens (including phenoxy) is 1. The maximum atomic E-state index is 7.78. The molecule has 1 aromatic heterocycles. The van der Waals surface area contributed by atoms with E-state index in [4.69, 9.17) is 15.9 Å². The zero-order valence-corrected chi connectivity index (χ0v) is 13.0. The Morgan fingerprint density at radius 2 is 2.05 bits per heavy atom. The fraction of sp³-hybridized carbons (Fsp3) is 0.647. The van der Waals surface area contributed by atoms with Gasteiger partial charge in [-0.2, -0.15) is 0 Å². The third kappa shape index (κ3) is 3.04. The number of aromatic nitrogens is 1. The molecule has 1 saturated carbocycles. The molecule has 2 aliphatic carbocycles. The van der Waals surface area contributed by atoms with Gasteiger partial charge in [0, 0.05) is 5.69 Å². The van der Waals surface area contributed by atoms with Crippen LogP contribution < -0.4 is 10.5 Å². The van der Waals surface area contributed by atoms with Gasteiger partial charge < -0.3 is 10.5 Å². The number of nitrogens with zero attached hydrogens (tertiary/aromatic N) is 1. The molecule has 1 fully saturated rings. The highest BCUT2D eigenvalue weighted by atomic mass is 16.5. The summed E-state index contributed by atoms with van der Waals surface area (Å²) in [5.41, 5.74) is 9.18. The van der Waals surface area contributed by atoms with Crippen LogP contribution in [0, 0.1) is 10.8 Å². The number of nitrogen functional groups attached to an aromatic ring is 1. The molecule has 0 bridgehead atoms. The Morgan fingerprint density at radius 3 is 2.71 bits per heavy atom. The van der Waals surface area contributed by atoms with E-state index in [-0.39, 0.29) is 11.9 Å². The number of pyridine rings is 1. The molecule has 21 heavy (non-hydrogen) atoms. The molecule has 0 aliphatic heterocycles. The number of fused-ring (bicyclic) bond motifs is 1. The van der Waals surface area contributed by atoms with Crippen LogP contribution in [0.25, 0.3) is 0 Å². The Morgan fingerprint density at radius 1 is 1.33 bits per heavy atom. The molecule has 3 rings (SSSR count). The first-order valence-corrected chi connectivity index (χ1v) is 7.98. The lowest BCUT2D eigenvalue weighted by Gasteiger charge is -2.34. The molecule has 4 nitrogen and oxygen atoms in total. The van der Waals surface area contributed by atoms with E-state index < -0.39 is 0 Å². The quantitative estimate of drug-likeness (QED) is 0.662. The van der Waals surface area contributed by atoms with Crippen LogP contribution in [-0.2, 0) is 12.8 Å². The van der Waals surface area contributed by atoms with Crippen molar-refractivity contribution in [3.05, 3.63) is 22.9 Å². The van der Waals surface area contributed by atoms with E-state index in [0.717, 1.165) is 37.8 Å². The van der Waals surface area contributed by atoms with Crippen LogP contribution >= 0.6 is 0 Å². The average molecular weight is 287 g/mol. The number of nitrogens with two attached hydrogens (primary N) is 1. The van der Waals surface area contributed by atoms with Crippen molar-refractivity contribution < 1.29 is 4.74 Å². The van der Waals surface area contributed by atoms with E-state index in [0.29, 0.717) is 16.9 Å². The second kappa shape index (κ2) is 5.32. The van der Waals surface area contributed by atoms with Crippen molar-refractivity contribution in [1.29, 1.82) is 5.41 Å². The number of aryl methyl sites for hydroxylation is 2. The Bertz CT molecular complexity index is 555. The van der Waals surface area contributed by atoms with Crippen molar-refractivity contribution in [2.75, 3.05) is 0 Å². The minimum atomic E-state index is 0.0586. The molecule has 1 aromatic rings. The summed E-state index contributed by atoms with van der Waals surface area (Å²) < 4.78 is 6.13. The normalized spacial score (nSPS) is 21.0. The molecule has 0 aromatic carbocycles. The zero-order chi connectivity index (χ0) is 15.0. The molecule has 114 valence electrons. The Kier molecular flexibility index (Phi) is 3.64. The maximum absolute atomic E-state index is 7.78. The van der Waals surface area contributed by atoms with Gasteiger partial charge in [0.05, 0.1) is 5.56 Å².